The lowest BCUT2D eigenvalue weighted by molar-refractivity contribution is 0.0401. The van der Waals surface area contributed by atoms with Crippen molar-refractivity contribution in [2.24, 2.45) is 0 Å². The third kappa shape index (κ3) is 3.82. The van der Waals surface area contributed by atoms with E-state index in [-0.39, 0.29) is 35.0 Å². The summed E-state index contributed by atoms with van der Waals surface area (Å²) in [5.74, 6) is -5.59. The number of benzene rings is 2. The molecule has 1 unspecified atom stereocenters. The average molecular weight is 433 g/mol. The number of rotatable bonds is 7. The maximum Gasteiger partial charge on any atom is 0.305 e. The quantitative estimate of drug-likeness (QED) is 0.320. The number of halogens is 4. The Morgan fingerprint density at radius 3 is 2.23 bits per heavy atom. The third-order valence-electron chi connectivity index (χ3n) is 6.39. The second-order valence-electron chi connectivity index (χ2n) is 8.53. The molecule has 0 bridgehead atoms. The highest BCUT2D eigenvalue weighted by Gasteiger charge is 2.50. The summed E-state index contributed by atoms with van der Waals surface area (Å²) < 4.78 is 67.1. The van der Waals surface area contributed by atoms with Gasteiger partial charge in [-0.3, -0.25) is 0 Å². The zero-order valence-corrected chi connectivity index (χ0v) is 18.0. The molecule has 0 amide bonds. The standard InChI is InChI=1S/C26H28F4O/c1-3-5-6-8-16-10-12-20-21-14-13-19(17-9-11-18(7-4-2)31-15-17)25(28)23(21)26(29,30)22(20)24(16)27/h9-10,12-14,18H,3-8,11,15H2,1-2H3. The summed E-state index contributed by atoms with van der Waals surface area (Å²) in [5.41, 5.74) is -0.304. The Labute approximate surface area is 181 Å². The number of hydrogen-bond acceptors (Lipinski definition) is 1. The molecule has 4 rings (SSSR count). The van der Waals surface area contributed by atoms with E-state index >= 15 is 17.6 Å². The average Bonchev–Trinajstić information content (AvgIpc) is 2.99. The maximum atomic E-state index is 15.4. The predicted octanol–water partition coefficient (Wildman–Crippen LogP) is 7.79. The minimum absolute atomic E-state index is 0.0708. The highest BCUT2D eigenvalue weighted by Crippen LogP contribution is 2.54. The fourth-order valence-electron chi connectivity index (χ4n) is 4.71. The lowest BCUT2D eigenvalue weighted by Gasteiger charge is -2.24. The minimum Gasteiger partial charge on any atom is -0.373 e. The van der Waals surface area contributed by atoms with E-state index in [4.69, 9.17) is 4.74 Å². The predicted molar refractivity (Wildman–Crippen MR) is 115 cm³/mol. The zero-order chi connectivity index (χ0) is 22.2. The first-order valence-corrected chi connectivity index (χ1v) is 11.2. The number of fused-ring (bicyclic) bond motifs is 3. The summed E-state index contributed by atoms with van der Waals surface area (Å²) in [6, 6.07) is 6.08. The van der Waals surface area contributed by atoms with Gasteiger partial charge in [0.2, 0.25) is 0 Å². The van der Waals surface area contributed by atoms with Crippen LogP contribution in [0.4, 0.5) is 17.6 Å². The molecule has 0 spiro atoms. The number of alkyl halides is 2. The Hall–Kier alpha value is -2.14. The third-order valence-corrected chi connectivity index (χ3v) is 6.39. The van der Waals surface area contributed by atoms with Crippen LogP contribution in [0.3, 0.4) is 0 Å². The first-order chi connectivity index (χ1) is 14.9. The zero-order valence-electron chi connectivity index (χ0n) is 18.0. The first-order valence-electron chi connectivity index (χ1n) is 11.2. The van der Waals surface area contributed by atoms with Crippen molar-refractivity contribution in [3.8, 4) is 11.1 Å². The lowest BCUT2D eigenvalue weighted by Crippen LogP contribution is -2.20. The van der Waals surface area contributed by atoms with Crippen LogP contribution < -0.4 is 0 Å². The van der Waals surface area contributed by atoms with E-state index < -0.39 is 28.7 Å². The van der Waals surface area contributed by atoms with Gasteiger partial charge in [-0.25, -0.2) is 8.78 Å². The van der Waals surface area contributed by atoms with Gasteiger partial charge in [-0.2, -0.15) is 8.78 Å². The van der Waals surface area contributed by atoms with Gasteiger partial charge >= 0.3 is 5.92 Å². The largest absolute Gasteiger partial charge is 0.373 e. The normalized spacial score (nSPS) is 19.2. The van der Waals surface area contributed by atoms with E-state index in [0.717, 1.165) is 32.1 Å². The van der Waals surface area contributed by atoms with Crippen molar-refractivity contribution in [1.82, 2.24) is 0 Å². The Morgan fingerprint density at radius 2 is 1.58 bits per heavy atom. The number of ether oxygens (including phenoxy) is 1. The minimum atomic E-state index is -3.71. The van der Waals surface area contributed by atoms with Gasteiger partial charge in [0.25, 0.3) is 0 Å². The summed E-state index contributed by atoms with van der Waals surface area (Å²) in [5, 5.41) is 0. The molecule has 2 aliphatic rings. The van der Waals surface area contributed by atoms with E-state index in [1.165, 1.54) is 18.2 Å². The van der Waals surface area contributed by atoms with Gasteiger partial charge in [-0.05, 0) is 47.9 Å². The topological polar surface area (TPSA) is 9.23 Å². The van der Waals surface area contributed by atoms with Crippen molar-refractivity contribution >= 4 is 5.57 Å². The van der Waals surface area contributed by atoms with Crippen LogP contribution in [-0.4, -0.2) is 12.7 Å². The molecule has 1 aliphatic heterocycles. The second-order valence-corrected chi connectivity index (χ2v) is 8.53. The molecule has 31 heavy (non-hydrogen) atoms. The van der Waals surface area contributed by atoms with E-state index in [1.54, 1.807) is 6.07 Å². The van der Waals surface area contributed by atoms with Crippen molar-refractivity contribution in [2.45, 2.75) is 70.8 Å². The van der Waals surface area contributed by atoms with Crippen LogP contribution in [0.1, 0.15) is 74.6 Å². The molecule has 1 heterocycles. The molecule has 0 saturated heterocycles. The molecule has 0 N–H and O–H groups in total. The summed E-state index contributed by atoms with van der Waals surface area (Å²) in [6.45, 7) is 4.28. The van der Waals surface area contributed by atoms with Crippen LogP contribution in [0.15, 0.2) is 30.3 Å². The molecule has 0 radical (unpaired) electrons. The van der Waals surface area contributed by atoms with Gasteiger partial charge in [0, 0.05) is 5.56 Å². The number of aryl methyl sites for hydroxylation is 1. The van der Waals surface area contributed by atoms with Gasteiger partial charge in [-0.1, -0.05) is 63.5 Å². The Kier molecular flexibility index (Phi) is 6.25. The van der Waals surface area contributed by atoms with Gasteiger partial charge in [0.15, 0.2) is 0 Å². The summed E-state index contributed by atoms with van der Waals surface area (Å²) in [4.78, 5) is 0. The number of hydrogen-bond donors (Lipinski definition) is 0. The fourth-order valence-corrected chi connectivity index (χ4v) is 4.71. The highest BCUT2D eigenvalue weighted by molar-refractivity contribution is 5.83. The Balaban J connectivity index is 1.72. The van der Waals surface area contributed by atoms with Crippen molar-refractivity contribution in [3.05, 3.63) is 64.2 Å². The lowest BCUT2D eigenvalue weighted by atomic mass is 9.95. The Morgan fingerprint density at radius 1 is 0.903 bits per heavy atom. The molecule has 2 aromatic carbocycles. The van der Waals surface area contributed by atoms with Crippen LogP contribution in [0.5, 0.6) is 0 Å². The second kappa shape index (κ2) is 8.78. The summed E-state index contributed by atoms with van der Waals surface area (Å²) in [7, 11) is 0. The van der Waals surface area contributed by atoms with Crippen LogP contribution in [-0.2, 0) is 17.1 Å². The molecular formula is C26H28F4O. The highest BCUT2D eigenvalue weighted by atomic mass is 19.3. The molecule has 1 aliphatic carbocycles. The van der Waals surface area contributed by atoms with Gasteiger partial charge in [0.05, 0.1) is 23.8 Å². The van der Waals surface area contributed by atoms with Crippen molar-refractivity contribution in [2.75, 3.05) is 6.61 Å². The van der Waals surface area contributed by atoms with Crippen LogP contribution >= 0.6 is 0 Å². The summed E-state index contributed by atoms with van der Waals surface area (Å²) >= 11 is 0. The van der Waals surface area contributed by atoms with Gasteiger partial charge < -0.3 is 4.74 Å². The molecule has 0 aromatic heterocycles. The maximum absolute atomic E-state index is 15.4. The van der Waals surface area contributed by atoms with Crippen LogP contribution in [0, 0.1) is 11.6 Å². The molecule has 1 nitrogen and oxygen atoms in total. The fraction of sp³-hybridized carbons (Fsp3) is 0.462. The van der Waals surface area contributed by atoms with Crippen molar-refractivity contribution < 1.29 is 22.3 Å². The van der Waals surface area contributed by atoms with Crippen LogP contribution in [0.25, 0.3) is 16.7 Å². The van der Waals surface area contributed by atoms with E-state index in [2.05, 4.69) is 6.92 Å². The smallest absolute Gasteiger partial charge is 0.305 e. The van der Waals surface area contributed by atoms with E-state index in [9.17, 15) is 0 Å². The Bertz CT molecular complexity index is 1010. The van der Waals surface area contributed by atoms with E-state index in [0.29, 0.717) is 18.4 Å². The molecule has 1 atom stereocenters. The summed E-state index contributed by atoms with van der Waals surface area (Å²) in [6.07, 6.45) is 7.47. The molecular weight excluding hydrogens is 404 g/mol. The first kappa shape index (κ1) is 22.1. The SMILES string of the molecule is CCCCCc1ccc2c(c1F)C(F)(F)c1c-2ccc(C2=CCC(CCC)OC2)c1F. The van der Waals surface area contributed by atoms with Crippen molar-refractivity contribution in [3.63, 3.8) is 0 Å². The molecule has 166 valence electrons. The monoisotopic (exact) mass is 432 g/mol. The number of unbranched alkanes of at least 4 members (excludes halogenated alkanes) is 2. The van der Waals surface area contributed by atoms with Crippen LogP contribution in [0.2, 0.25) is 0 Å². The van der Waals surface area contributed by atoms with Crippen molar-refractivity contribution in [1.29, 1.82) is 0 Å². The molecule has 0 fully saturated rings. The van der Waals surface area contributed by atoms with E-state index in [1.807, 2.05) is 13.0 Å². The molecule has 0 saturated carbocycles. The molecule has 5 heteroatoms. The van der Waals surface area contributed by atoms with Gasteiger partial charge in [0.1, 0.15) is 11.6 Å². The van der Waals surface area contributed by atoms with Gasteiger partial charge in [-0.15, -0.1) is 0 Å². The molecule has 2 aromatic rings.